The van der Waals surface area contributed by atoms with Crippen LogP contribution in [0.15, 0.2) is 39.7 Å². The van der Waals surface area contributed by atoms with Crippen molar-refractivity contribution in [3.8, 4) is 0 Å². The highest BCUT2D eigenvalue weighted by molar-refractivity contribution is 9.10. The molecule has 4 nitrogen and oxygen atoms in total. The Labute approximate surface area is 127 Å². The van der Waals surface area contributed by atoms with Crippen LogP contribution < -0.4 is 10.5 Å². The summed E-state index contributed by atoms with van der Waals surface area (Å²) in [6, 6.07) is 4.32. The van der Waals surface area contributed by atoms with E-state index in [1.807, 2.05) is 4.72 Å². The van der Waals surface area contributed by atoms with Gasteiger partial charge in [-0.3, -0.25) is 4.72 Å². The van der Waals surface area contributed by atoms with Crippen molar-refractivity contribution in [3.05, 3.63) is 52.3 Å². The van der Waals surface area contributed by atoms with E-state index in [2.05, 4.69) is 15.9 Å². The SMILES string of the molecule is Nc1cc(F)c(Br)cc1S(=O)(=O)Nc1ccc(F)c(F)c1. The third kappa shape index (κ3) is 3.30. The number of benzene rings is 2. The Morgan fingerprint density at radius 2 is 1.67 bits per heavy atom. The van der Waals surface area contributed by atoms with Crippen LogP contribution in [0.3, 0.4) is 0 Å². The van der Waals surface area contributed by atoms with E-state index >= 15 is 0 Å². The molecule has 0 spiro atoms. The van der Waals surface area contributed by atoms with Crippen molar-refractivity contribution in [3.63, 3.8) is 0 Å². The largest absolute Gasteiger partial charge is 0.398 e. The van der Waals surface area contributed by atoms with Gasteiger partial charge in [0.1, 0.15) is 10.7 Å². The molecule has 0 saturated heterocycles. The van der Waals surface area contributed by atoms with Crippen LogP contribution >= 0.6 is 15.9 Å². The molecule has 2 rings (SSSR count). The zero-order valence-corrected chi connectivity index (χ0v) is 12.6. The number of halogens is 4. The van der Waals surface area contributed by atoms with Gasteiger partial charge in [-0.25, -0.2) is 21.6 Å². The Balaban J connectivity index is 2.43. The molecule has 2 aromatic carbocycles. The van der Waals surface area contributed by atoms with Crippen molar-refractivity contribution in [1.29, 1.82) is 0 Å². The standard InChI is InChI=1S/C12H8BrF3N2O2S/c13-7-4-12(11(17)5-9(7)15)21(19,20)18-6-1-2-8(14)10(16)3-6/h1-5,18H,17H2. The Bertz CT molecular complexity index is 812. The first-order valence-electron chi connectivity index (χ1n) is 5.43. The van der Waals surface area contributed by atoms with Crippen molar-refractivity contribution in [2.24, 2.45) is 0 Å². The molecule has 0 fully saturated rings. The lowest BCUT2D eigenvalue weighted by Gasteiger charge is -2.11. The number of nitrogens with one attached hydrogen (secondary N) is 1. The van der Waals surface area contributed by atoms with Crippen LogP contribution in [0.4, 0.5) is 24.5 Å². The second-order valence-corrected chi connectivity index (χ2v) is 6.54. The van der Waals surface area contributed by atoms with Gasteiger partial charge in [0, 0.05) is 6.07 Å². The van der Waals surface area contributed by atoms with Gasteiger partial charge in [0.05, 0.1) is 15.8 Å². The highest BCUT2D eigenvalue weighted by Gasteiger charge is 2.20. The van der Waals surface area contributed by atoms with Crippen LogP contribution in [0.5, 0.6) is 0 Å². The lowest BCUT2D eigenvalue weighted by molar-refractivity contribution is 0.509. The molecule has 0 heterocycles. The fourth-order valence-electron chi connectivity index (χ4n) is 1.55. The minimum Gasteiger partial charge on any atom is -0.398 e. The molecule has 2 aromatic rings. The van der Waals surface area contributed by atoms with Gasteiger partial charge in [0.2, 0.25) is 0 Å². The smallest absolute Gasteiger partial charge is 0.263 e. The number of sulfonamides is 1. The van der Waals surface area contributed by atoms with E-state index in [0.29, 0.717) is 6.07 Å². The van der Waals surface area contributed by atoms with E-state index in [9.17, 15) is 21.6 Å². The molecule has 0 aliphatic rings. The summed E-state index contributed by atoms with van der Waals surface area (Å²) in [4.78, 5) is -0.388. The number of rotatable bonds is 3. The van der Waals surface area contributed by atoms with Gasteiger partial charge in [-0.1, -0.05) is 0 Å². The minimum atomic E-state index is -4.17. The lowest BCUT2D eigenvalue weighted by atomic mass is 10.3. The van der Waals surface area contributed by atoms with Crippen LogP contribution in [-0.4, -0.2) is 8.42 Å². The third-order valence-corrected chi connectivity index (χ3v) is 4.56. The van der Waals surface area contributed by atoms with Gasteiger partial charge in [0.25, 0.3) is 10.0 Å². The molecule has 21 heavy (non-hydrogen) atoms. The highest BCUT2D eigenvalue weighted by Crippen LogP contribution is 2.28. The van der Waals surface area contributed by atoms with Gasteiger partial charge in [-0.15, -0.1) is 0 Å². The molecule has 112 valence electrons. The summed E-state index contributed by atoms with van der Waals surface area (Å²) in [7, 11) is -4.17. The van der Waals surface area contributed by atoms with E-state index in [-0.39, 0.29) is 20.7 Å². The summed E-state index contributed by atoms with van der Waals surface area (Å²) in [5.74, 6) is -3.04. The van der Waals surface area contributed by atoms with Crippen LogP contribution in [-0.2, 0) is 10.0 Å². The topological polar surface area (TPSA) is 72.2 Å². The van der Waals surface area contributed by atoms with Crippen molar-refractivity contribution < 1.29 is 21.6 Å². The van der Waals surface area contributed by atoms with Crippen LogP contribution in [0.2, 0.25) is 0 Å². The normalized spacial score (nSPS) is 11.4. The monoisotopic (exact) mass is 380 g/mol. The van der Waals surface area contributed by atoms with Gasteiger partial charge in [-0.05, 0) is 40.2 Å². The first kappa shape index (κ1) is 15.6. The maximum atomic E-state index is 13.2. The molecule has 0 aliphatic carbocycles. The van der Waals surface area contributed by atoms with E-state index < -0.39 is 27.5 Å². The maximum Gasteiger partial charge on any atom is 0.263 e. The number of nitrogens with two attached hydrogens (primary N) is 1. The molecule has 0 atom stereocenters. The molecule has 0 aromatic heterocycles. The van der Waals surface area contributed by atoms with Crippen molar-refractivity contribution >= 4 is 37.3 Å². The first-order valence-corrected chi connectivity index (χ1v) is 7.71. The van der Waals surface area contributed by atoms with Crippen molar-refractivity contribution in [1.82, 2.24) is 0 Å². The highest BCUT2D eigenvalue weighted by atomic mass is 79.9. The lowest BCUT2D eigenvalue weighted by Crippen LogP contribution is -2.15. The number of hydrogen-bond acceptors (Lipinski definition) is 3. The zero-order valence-electron chi connectivity index (χ0n) is 10.2. The van der Waals surface area contributed by atoms with E-state index in [0.717, 1.165) is 24.3 Å². The van der Waals surface area contributed by atoms with Gasteiger partial charge < -0.3 is 5.73 Å². The van der Waals surface area contributed by atoms with Gasteiger partial charge in [-0.2, -0.15) is 0 Å². The van der Waals surface area contributed by atoms with E-state index in [4.69, 9.17) is 5.73 Å². The van der Waals surface area contributed by atoms with Crippen LogP contribution in [0.1, 0.15) is 0 Å². The molecule has 0 saturated carbocycles. The summed E-state index contributed by atoms with van der Waals surface area (Å²) >= 11 is 2.85. The zero-order chi connectivity index (χ0) is 15.8. The Kier molecular flexibility index (Phi) is 4.15. The van der Waals surface area contributed by atoms with Crippen molar-refractivity contribution in [2.75, 3.05) is 10.5 Å². The predicted octanol–water partition coefficient (Wildman–Crippen LogP) is 3.25. The molecule has 0 bridgehead atoms. The number of anilines is 2. The molecular formula is C12H8BrF3N2O2S. The molecule has 9 heteroatoms. The fourth-order valence-corrected chi connectivity index (χ4v) is 3.23. The summed E-state index contributed by atoms with van der Waals surface area (Å²) in [5.41, 5.74) is 4.97. The summed E-state index contributed by atoms with van der Waals surface area (Å²) in [6.45, 7) is 0. The molecule has 0 aliphatic heterocycles. The average molecular weight is 381 g/mol. The van der Waals surface area contributed by atoms with Gasteiger partial charge in [0.15, 0.2) is 11.6 Å². The second-order valence-electron chi connectivity index (χ2n) is 4.04. The first-order chi connectivity index (χ1) is 9.70. The van der Waals surface area contributed by atoms with E-state index in [1.54, 1.807) is 0 Å². The van der Waals surface area contributed by atoms with E-state index in [1.165, 1.54) is 0 Å². The van der Waals surface area contributed by atoms with Crippen molar-refractivity contribution in [2.45, 2.75) is 4.90 Å². The number of hydrogen-bond donors (Lipinski definition) is 2. The minimum absolute atomic E-state index is 0.0950. The predicted molar refractivity (Wildman–Crippen MR) is 75.7 cm³/mol. The number of nitrogen functional groups attached to an aromatic ring is 1. The van der Waals surface area contributed by atoms with Gasteiger partial charge >= 0.3 is 0 Å². The molecule has 3 N–H and O–H groups in total. The fraction of sp³-hybridized carbons (Fsp3) is 0. The van der Waals surface area contributed by atoms with Crippen LogP contribution in [0, 0.1) is 17.5 Å². The maximum absolute atomic E-state index is 13.2. The summed E-state index contributed by atoms with van der Waals surface area (Å²) < 4.78 is 65.3. The summed E-state index contributed by atoms with van der Waals surface area (Å²) in [6.07, 6.45) is 0. The molecule has 0 unspecified atom stereocenters. The quantitative estimate of drug-likeness (QED) is 0.802. The average Bonchev–Trinajstić information content (AvgIpc) is 2.37. The Hall–Kier alpha value is -1.74. The third-order valence-electron chi connectivity index (χ3n) is 2.51. The Morgan fingerprint density at radius 3 is 2.29 bits per heavy atom. The second kappa shape index (κ2) is 5.57. The molecular weight excluding hydrogens is 373 g/mol. The van der Waals surface area contributed by atoms with Crippen LogP contribution in [0.25, 0.3) is 0 Å². The molecule has 0 amide bonds. The Morgan fingerprint density at radius 1 is 1.00 bits per heavy atom. The molecule has 0 radical (unpaired) electrons. The summed E-state index contributed by atoms with van der Waals surface area (Å²) in [5, 5.41) is 0.